The zero-order valence-electron chi connectivity index (χ0n) is 17.8. The van der Waals surface area contributed by atoms with Gasteiger partial charge in [0.1, 0.15) is 18.4 Å². The zero-order valence-corrected chi connectivity index (χ0v) is 20.2. The van der Waals surface area contributed by atoms with Crippen LogP contribution in [-0.2, 0) is 17.8 Å². The number of nitrogens with one attached hydrogen (secondary N) is 2. The third-order valence-corrected chi connectivity index (χ3v) is 4.99. The van der Waals surface area contributed by atoms with E-state index < -0.39 is 0 Å². The van der Waals surface area contributed by atoms with Gasteiger partial charge in [-0.15, -0.1) is 34.2 Å². The van der Waals surface area contributed by atoms with Crippen molar-refractivity contribution >= 4 is 29.9 Å². The summed E-state index contributed by atoms with van der Waals surface area (Å²) >= 11 is 0. The van der Waals surface area contributed by atoms with Gasteiger partial charge in [-0.2, -0.15) is 0 Å². The first-order valence-electron chi connectivity index (χ1n) is 10.3. The van der Waals surface area contributed by atoms with E-state index in [9.17, 15) is 0 Å². The van der Waals surface area contributed by atoms with E-state index in [-0.39, 0.29) is 24.0 Å². The maximum absolute atomic E-state index is 6.12. The standard InChI is InChI=1S/C21H32N6O2.HI/c1-17-5-6-19(20(11-17)29-14-18-7-10-28-13-18)12-24-21(22-2)23-8-3-4-9-27-15-25-26-16-27;/h5-6,11,15-16,18H,3-4,7-10,12-14H2,1-2H3,(H2,22,23,24);1H. The lowest BCUT2D eigenvalue weighted by molar-refractivity contribution is 0.166. The predicted octanol–water partition coefficient (Wildman–Crippen LogP) is 2.77. The van der Waals surface area contributed by atoms with Crippen LogP contribution in [0.1, 0.15) is 30.4 Å². The van der Waals surface area contributed by atoms with Gasteiger partial charge in [0, 0.05) is 44.8 Å². The third-order valence-electron chi connectivity index (χ3n) is 4.99. The average molecular weight is 528 g/mol. The monoisotopic (exact) mass is 528 g/mol. The summed E-state index contributed by atoms with van der Waals surface area (Å²) in [6.07, 6.45) is 6.67. The number of aliphatic imine (C=N–C) groups is 1. The van der Waals surface area contributed by atoms with Crippen molar-refractivity contribution in [2.75, 3.05) is 33.4 Å². The van der Waals surface area contributed by atoms with Crippen molar-refractivity contribution in [3.05, 3.63) is 42.0 Å². The Hall–Kier alpha value is -1.88. The normalized spacial score (nSPS) is 16.2. The van der Waals surface area contributed by atoms with Crippen LogP contribution in [-0.4, -0.2) is 54.1 Å². The fourth-order valence-corrected chi connectivity index (χ4v) is 3.23. The Morgan fingerprint density at radius 3 is 2.83 bits per heavy atom. The van der Waals surface area contributed by atoms with Crippen molar-refractivity contribution in [3.63, 3.8) is 0 Å². The molecule has 0 spiro atoms. The van der Waals surface area contributed by atoms with Crippen LogP contribution < -0.4 is 15.4 Å². The number of aromatic nitrogens is 3. The lowest BCUT2D eigenvalue weighted by Gasteiger charge is -2.17. The molecule has 0 saturated carbocycles. The molecule has 9 heteroatoms. The van der Waals surface area contributed by atoms with Gasteiger partial charge in [0.25, 0.3) is 0 Å². The van der Waals surface area contributed by atoms with Gasteiger partial charge < -0.3 is 24.7 Å². The molecule has 0 bridgehead atoms. The molecule has 1 aliphatic heterocycles. The van der Waals surface area contributed by atoms with Gasteiger partial charge in [0.2, 0.25) is 0 Å². The molecule has 1 fully saturated rings. The Kier molecular flexibility index (Phi) is 10.9. The van der Waals surface area contributed by atoms with E-state index in [1.54, 1.807) is 19.7 Å². The topological polar surface area (TPSA) is 85.6 Å². The first-order valence-corrected chi connectivity index (χ1v) is 10.3. The summed E-state index contributed by atoms with van der Waals surface area (Å²) in [6, 6.07) is 6.34. The first-order chi connectivity index (χ1) is 14.2. The van der Waals surface area contributed by atoms with Crippen molar-refractivity contribution in [3.8, 4) is 5.75 Å². The van der Waals surface area contributed by atoms with Crippen molar-refractivity contribution in [1.29, 1.82) is 0 Å². The molecule has 2 N–H and O–H groups in total. The smallest absolute Gasteiger partial charge is 0.191 e. The van der Waals surface area contributed by atoms with Crippen LogP contribution in [0.3, 0.4) is 0 Å². The van der Waals surface area contributed by atoms with E-state index in [1.807, 2.05) is 4.57 Å². The molecule has 0 radical (unpaired) electrons. The highest BCUT2D eigenvalue weighted by Gasteiger charge is 2.17. The Bertz CT molecular complexity index is 763. The molecule has 1 aromatic heterocycles. The summed E-state index contributed by atoms with van der Waals surface area (Å²) in [5.74, 6) is 2.22. The summed E-state index contributed by atoms with van der Waals surface area (Å²) in [5.41, 5.74) is 2.33. The summed E-state index contributed by atoms with van der Waals surface area (Å²) in [7, 11) is 1.79. The summed E-state index contributed by atoms with van der Waals surface area (Å²) in [6.45, 7) is 6.89. The minimum Gasteiger partial charge on any atom is -0.493 e. The van der Waals surface area contributed by atoms with E-state index in [4.69, 9.17) is 9.47 Å². The van der Waals surface area contributed by atoms with Crippen LogP contribution in [0.2, 0.25) is 0 Å². The lowest BCUT2D eigenvalue weighted by Crippen LogP contribution is -2.37. The van der Waals surface area contributed by atoms with E-state index in [0.29, 0.717) is 19.1 Å². The van der Waals surface area contributed by atoms with Crippen LogP contribution in [0.15, 0.2) is 35.8 Å². The third kappa shape index (κ3) is 8.10. The zero-order chi connectivity index (χ0) is 20.3. The summed E-state index contributed by atoms with van der Waals surface area (Å²) < 4.78 is 13.6. The highest BCUT2D eigenvalue weighted by Crippen LogP contribution is 2.22. The first kappa shape index (κ1) is 24.4. The molecular weight excluding hydrogens is 495 g/mol. The number of aryl methyl sites for hydroxylation is 2. The van der Waals surface area contributed by atoms with Crippen LogP contribution in [0.4, 0.5) is 0 Å². The Balaban J connectivity index is 0.00000320. The molecule has 2 heterocycles. The number of rotatable bonds is 10. The minimum atomic E-state index is 0. The number of benzene rings is 1. The highest BCUT2D eigenvalue weighted by molar-refractivity contribution is 14.0. The van der Waals surface area contributed by atoms with Crippen LogP contribution in [0, 0.1) is 12.8 Å². The van der Waals surface area contributed by atoms with Gasteiger partial charge in [-0.1, -0.05) is 12.1 Å². The largest absolute Gasteiger partial charge is 0.493 e. The number of hydrogen-bond donors (Lipinski definition) is 2. The second kappa shape index (κ2) is 13.4. The second-order valence-electron chi connectivity index (χ2n) is 7.41. The van der Waals surface area contributed by atoms with Gasteiger partial charge in [0.05, 0.1) is 13.2 Å². The molecule has 166 valence electrons. The molecule has 0 amide bonds. The van der Waals surface area contributed by atoms with Crippen molar-refractivity contribution in [2.24, 2.45) is 10.9 Å². The molecule has 1 unspecified atom stereocenters. The molecule has 1 saturated heterocycles. The molecule has 0 aliphatic carbocycles. The van der Waals surface area contributed by atoms with Crippen LogP contribution in [0.25, 0.3) is 0 Å². The minimum absolute atomic E-state index is 0. The maximum atomic E-state index is 6.12. The fraction of sp³-hybridized carbons (Fsp3) is 0.571. The fourth-order valence-electron chi connectivity index (χ4n) is 3.23. The van der Waals surface area contributed by atoms with Crippen LogP contribution >= 0.6 is 24.0 Å². The van der Waals surface area contributed by atoms with Gasteiger partial charge in [-0.3, -0.25) is 4.99 Å². The molecule has 8 nitrogen and oxygen atoms in total. The van der Waals surface area contributed by atoms with E-state index in [1.165, 1.54) is 5.56 Å². The molecule has 1 atom stereocenters. The van der Waals surface area contributed by atoms with Crippen molar-refractivity contribution < 1.29 is 9.47 Å². The Morgan fingerprint density at radius 1 is 1.27 bits per heavy atom. The van der Waals surface area contributed by atoms with Crippen molar-refractivity contribution in [2.45, 2.75) is 39.3 Å². The van der Waals surface area contributed by atoms with E-state index in [2.05, 4.69) is 50.9 Å². The van der Waals surface area contributed by atoms with Crippen LogP contribution in [0.5, 0.6) is 5.75 Å². The molecular formula is C21H33IN6O2. The number of halogens is 1. The number of unbranched alkanes of at least 4 members (excludes halogenated alkanes) is 1. The number of guanidine groups is 1. The van der Waals surface area contributed by atoms with E-state index >= 15 is 0 Å². The van der Waals surface area contributed by atoms with Crippen molar-refractivity contribution in [1.82, 2.24) is 25.4 Å². The lowest BCUT2D eigenvalue weighted by atomic mass is 10.1. The quantitative estimate of drug-likeness (QED) is 0.214. The summed E-state index contributed by atoms with van der Waals surface area (Å²) in [5, 5.41) is 14.4. The number of ether oxygens (including phenoxy) is 2. The van der Waals surface area contributed by atoms with E-state index in [0.717, 1.165) is 62.8 Å². The predicted molar refractivity (Wildman–Crippen MR) is 128 cm³/mol. The Morgan fingerprint density at radius 2 is 2.10 bits per heavy atom. The summed E-state index contributed by atoms with van der Waals surface area (Å²) in [4.78, 5) is 4.32. The average Bonchev–Trinajstić information content (AvgIpc) is 3.43. The number of hydrogen-bond acceptors (Lipinski definition) is 5. The SMILES string of the molecule is CN=C(NCCCCn1cnnc1)NCc1ccc(C)cc1OCC1CCOC1.I. The second-order valence-corrected chi connectivity index (χ2v) is 7.41. The molecule has 30 heavy (non-hydrogen) atoms. The molecule has 1 aliphatic rings. The maximum Gasteiger partial charge on any atom is 0.191 e. The molecule has 2 aromatic rings. The highest BCUT2D eigenvalue weighted by atomic mass is 127. The number of nitrogens with zero attached hydrogens (tertiary/aromatic N) is 4. The van der Waals surface area contributed by atoms with Gasteiger partial charge in [0.15, 0.2) is 5.96 Å². The molecule has 1 aromatic carbocycles. The van der Waals surface area contributed by atoms with Gasteiger partial charge in [-0.05, 0) is 37.8 Å². The van der Waals surface area contributed by atoms with Gasteiger partial charge in [-0.25, -0.2) is 0 Å². The Labute approximate surface area is 195 Å². The molecule has 3 rings (SSSR count). The van der Waals surface area contributed by atoms with Gasteiger partial charge >= 0.3 is 0 Å².